The summed E-state index contributed by atoms with van der Waals surface area (Å²) in [7, 11) is 0. The van der Waals surface area contributed by atoms with E-state index in [9.17, 15) is 18.8 Å². The molecular formula is C25H28FN5O3S. The van der Waals surface area contributed by atoms with E-state index < -0.39 is 29.6 Å². The van der Waals surface area contributed by atoms with Gasteiger partial charge in [0.1, 0.15) is 16.7 Å². The fourth-order valence-corrected chi connectivity index (χ4v) is 4.24. The molecule has 0 bridgehead atoms. The summed E-state index contributed by atoms with van der Waals surface area (Å²) in [5.74, 6) is -2.25. The largest absolute Gasteiger partial charge is 0.395 e. The van der Waals surface area contributed by atoms with Crippen LogP contribution in [0.25, 0.3) is 0 Å². The number of nitrogen functional groups attached to an aromatic ring is 1. The molecule has 3 rings (SSSR count). The van der Waals surface area contributed by atoms with Gasteiger partial charge in [-0.25, -0.2) is 4.39 Å². The van der Waals surface area contributed by atoms with E-state index in [-0.39, 0.29) is 21.9 Å². The Balaban J connectivity index is 2.16. The van der Waals surface area contributed by atoms with Gasteiger partial charge < -0.3 is 16.8 Å². The van der Waals surface area contributed by atoms with Gasteiger partial charge in [0.15, 0.2) is 5.69 Å². The number of anilines is 2. The van der Waals surface area contributed by atoms with Crippen molar-refractivity contribution in [1.29, 1.82) is 0 Å². The molecule has 0 spiro atoms. The van der Waals surface area contributed by atoms with Crippen LogP contribution in [0.5, 0.6) is 0 Å². The van der Waals surface area contributed by atoms with Gasteiger partial charge in [-0.1, -0.05) is 49.7 Å². The summed E-state index contributed by atoms with van der Waals surface area (Å²) in [5, 5.41) is 2.89. The van der Waals surface area contributed by atoms with E-state index in [0.717, 1.165) is 18.1 Å². The van der Waals surface area contributed by atoms with E-state index in [1.54, 1.807) is 12.1 Å². The maximum atomic E-state index is 14.3. The Labute approximate surface area is 207 Å². The number of primary amides is 1. The lowest BCUT2D eigenvalue weighted by Crippen LogP contribution is -2.44. The monoisotopic (exact) mass is 497 g/mol. The number of aromatic nitrogens is 1. The van der Waals surface area contributed by atoms with E-state index in [1.165, 1.54) is 23.1 Å². The van der Waals surface area contributed by atoms with E-state index >= 15 is 0 Å². The van der Waals surface area contributed by atoms with Crippen LogP contribution in [0.1, 0.15) is 57.6 Å². The van der Waals surface area contributed by atoms with Crippen LogP contribution in [0.15, 0.2) is 48.5 Å². The van der Waals surface area contributed by atoms with Crippen molar-refractivity contribution in [2.45, 2.75) is 33.2 Å². The Morgan fingerprint density at radius 1 is 1.14 bits per heavy atom. The minimum Gasteiger partial charge on any atom is -0.395 e. The van der Waals surface area contributed by atoms with Crippen LogP contribution in [-0.4, -0.2) is 28.6 Å². The lowest BCUT2D eigenvalue weighted by atomic mass is 10.0. The fourth-order valence-electron chi connectivity index (χ4n) is 3.50. The normalized spacial score (nSPS) is 11.8. The molecule has 0 saturated heterocycles. The van der Waals surface area contributed by atoms with Crippen molar-refractivity contribution in [2.75, 3.05) is 17.2 Å². The second kappa shape index (κ2) is 11.1. The van der Waals surface area contributed by atoms with Gasteiger partial charge in [-0.05, 0) is 54.6 Å². The van der Waals surface area contributed by atoms with Crippen molar-refractivity contribution < 1.29 is 18.8 Å². The molecule has 0 radical (unpaired) electrons. The maximum absolute atomic E-state index is 14.3. The smallest absolute Gasteiger partial charge is 0.273 e. The first-order chi connectivity index (χ1) is 16.6. The molecule has 0 unspecified atom stereocenters. The number of nitrogens with one attached hydrogen (secondary N) is 1. The van der Waals surface area contributed by atoms with Gasteiger partial charge in [0.2, 0.25) is 5.91 Å². The Morgan fingerprint density at radius 3 is 2.40 bits per heavy atom. The quantitative estimate of drug-likeness (QED) is 0.414. The summed E-state index contributed by atoms with van der Waals surface area (Å²) in [5.41, 5.74) is 12.6. The van der Waals surface area contributed by atoms with E-state index in [1.807, 2.05) is 32.9 Å². The zero-order valence-electron chi connectivity index (χ0n) is 19.7. The summed E-state index contributed by atoms with van der Waals surface area (Å²) in [6, 6.07) is 11.4. The predicted octanol–water partition coefficient (Wildman–Crippen LogP) is 3.82. The minimum atomic E-state index is -1.14. The average molecular weight is 498 g/mol. The Hall–Kier alpha value is -3.79. The molecule has 3 aromatic rings. The van der Waals surface area contributed by atoms with Crippen molar-refractivity contribution in [2.24, 2.45) is 11.7 Å². The van der Waals surface area contributed by atoms with Crippen molar-refractivity contribution in [3.63, 3.8) is 0 Å². The van der Waals surface area contributed by atoms with Gasteiger partial charge in [-0.15, -0.1) is 0 Å². The van der Waals surface area contributed by atoms with Crippen molar-refractivity contribution >= 4 is 40.6 Å². The molecular weight excluding hydrogens is 469 g/mol. The first kappa shape index (κ1) is 25.8. The molecule has 35 heavy (non-hydrogen) atoms. The highest BCUT2D eigenvalue weighted by Crippen LogP contribution is 2.33. The summed E-state index contributed by atoms with van der Waals surface area (Å²) in [6.07, 6.45) is 0.740. The number of carbonyl (C=O) groups is 3. The first-order valence-corrected chi connectivity index (χ1v) is 11.9. The highest BCUT2D eigenvalue weighted by molar-refractivity contribution is 7.09. The molecule has 8 nitrogen and oxygen atoms in total. The number of hydrogen-bond acceptors (Lipinski definition) is 6. The number of carbonyl (C=O) groups excluding carboxylic acids is 3. The van der Waals surface area contributed by atoms with E-state index in [2.05, 4.69) is 9.69 Å². The molecule has 1 aromatic heterocycles. The Morgan fingerprint density at radius 2 is 1.83 bits per heavy atom. The lowest BCUT2D eigenvalue weighted by Gasteiger charge is -2.31. The molecule has 0 aliphatic heterocycles. The SMILES string of the molecule is Cc1ccc([C@@H](C(=O)NCCC(C)C)N(C(=O)c2snc(C(N)=O)c2N)c2cccc(F)c2)cc1. The first-order valence-electron chi connectivity index (χ1n) is 11.1. The van der Waals surface area contributed by atoms with Gasteiger partial charge >= 0.3 is 0 Å². The molecule has 0 fully saturated rings. The van der Waals surface area contributed by atoms with Gasteiger partial charge in [0, 0.05) is 12.2 Å². The molecule has 0 saturated carbocycles. The predicted molar refractivity (Wildman–Crippen MR) is 135 cm³/mol. The molecule has 2 aromatic carbocycles. The lowest BCUT2D eigenvalue weighted by molar-refractivity contribution is -0.122. The zero-order chi connectivity index (χ0) is 25.7. The number of benzene rings is 2. The van der Waals surface area contributed by atoms with Crippen molar-refractivity contribution in [1.82, 2.24) is 9.69 Å². The van der Waals surface area contributed by atoms with Crippen LogP contribution in [-0.2, 0) is 4.79 Å². The third kappa shape index (κ3) is 6.02. The molecule has 0 aliphatic carbocycles. The van der Waals surface area contributed by atoms with Crippen LogP contribution < -0.4 is 21.7 Å². The summed E-state index contributed by atoms with van der Waals surface area (Å²) in [6.45, 7) is 6.38. The number of halogens is 1. The minimum absolute atomic E-state index is 0.0739. The van der Waals surface area contributed by atoms with Crippen molar-refractivity contribution in [3.05, 3.63) is 76.0 Å². The summed E-state index contributed by atoms with van der Waals surface area (Å²) >= 11 is 0.696. The number of amides is 3. The van der Waals surface area contributed by atoms with Crippen molar-refractivity contribution in [3.8, 4) is 0 Å². The van der Waals surface area contributed by atoms with Crippen LogP contribution in [0.2, 0.25) is 0 Å². The van der Waals surface area contributed by atoms with E-state index in [0.29, 0.717) is 29.6 Å². The molecule has 0 aliphatic rings. The second-order valence-corrected chi connectivity index (χ2v) is 9.35. The molecule has 5 N–H and O–H groups in total. The standard InChI is InChI=1S/C25H28FN5O3S/c1-14(2)11-12-29-24(33)21(16-9-7-15(3)8-10-16)31(18-6-4-5-17(26)13-18)25(34)22-19(27)20(23(28)32)30-35-22/h4-10,13-14,21H,11-12,27H2,1-3H3,(H2,28,32)(H,29,33)/t21-/m0/s1. The van der Waals surface area contributed by atoms with E-state index in [4.69, 9.17) is 11.5 Å². The van der Waals surface area contributed by atoms with Gasteiger partial charge in [-0.3, -0.25) is 19.3 Å². The maximum Gasteiger partial charge on any atom is 0.273 e. The molecule has 3 amide bonds. The number of aryl methyl sites for hydroxylation is 1. The average Bonchev–Trinajstić information content (AvgIpc) is 3.19. The zero-order valence-corrected chi connectivity index (χ0v) is 20.6. The van der Waals surface area contributed by atoms with Crippen LogP contribution in [0, 0.1) is 18.7 Å². The summed E-state index contributed by atoms with van der Waals surface area (Å²) in [4.78, 5) is 40.1. The number of hydrogen-bond donors (Lipinski definition) is 3. The fraction of sp³-hybridized carbons (Fsp3) is 0.280. The number of nitrogens with two attached hydrogens (primary N) is 2. The van der Waals surface area contributed by atoms with Crippen LogP contribution >= 0.6 is 11.5 Å². The molecule has 1 atom stereocenters. The Kier molecular flexibility index (Phi) is 8.18. The number of rotatable bonds is 9. The third-order valence-corrected chi connectivity index (χ3v) is 6.23. The van der Waals surface area contributed by atoms with Gasteiger partial charge in [0.05, 0.1) is 5.69 Å². The van der Waals surface area contributed by atoms with Crippen LogP contribution in [0.3, 0.4) is 0 Å². The summed E-state index contributed by atoms with van der Waals surface area (Å²) < 4.78 is 18.2. The number of nitrogens with zero attached hydrogens (tertiary/aromatic N) is 2. The molecule has 10 heteroatoms. The van der Waals surface area contributed by atoms with Gasteiger partial charge in [-0.2, -0.15) is 4.37 Å². The third-order valence-electron chi connectivity index (χ3n) is 5.38. The highest BCUT2D eigenvalue weighted by atomic mass is 32.1. The molecule has 184 valence electrons. The van der Waals surface area contributed by atoms with Crippen LogP contribution in [0.4, 0.5) is 15.8 Å². The van der Waals surface area contributed by atoms with Gasteiger partial charge in [0.25, 0.3) is 11.8 Å². The molecule has 1 heterocycles. The topological polar surface area (TPSA) is 131 Å². The highest BCUT2D eigenvalue weighted by Gasteiger charge is 2.36. The second-order valence-electron chi connectivity index (χ2n) is 8.58. The Bertz CT molecular complexity index is 1230.